The van der Waals surface area contributed by atoms with Gasteiger partial charge in [0.25, 0.3) is 0 Å². The van der Waals surface area contributed by atoms with E-state index in [0.717, 1.165) is 17.1 Å². The summed E-state index contributed by atoms with van der Waals surface area (Å²) < 4.78 is 0. The van der Waals surface area contributed by atoms with Crippen molar-refractivity contribution >= 4 is 17.1 Å². The predicted octanol–water partition coefficient (Wildman–Crippen LogP) is 14.1. The Hall–Kier alpha value is -6.44. The molecule has 1 heteroatoms. The van der Waals surface area contributed by atoms with E-state index in [0.29, 0.717) is 0 Å². The quantitative estimate of drug-likeness (QED) is 0.164. The third kappa shape index (κ3) is 5.43. The number of benzene rings is 8. The Balaban J connectivity index is 1.29. The van der Waals surface area contributed by atoms with Crippen LogP contribution < -0.4 is 4.90 Å². The van der Waals surface area contributed by atoms with Crippen LogP contribution in [0.15, 0.2) is 200 Å². The van der Waals surface area contributed by atoms with Crippen LogP contribution in [0.25, 0.3) is 55.6 Å². The van der Waals surface area contributed by atoms with Gasteiger partial charge in [-0.05, 0) is 91.5 Å². The van der Waals surface area contributed by atoms with Crippen molar-refractivity contribution in [2.75, 3.05) is 4.90 Å². The largest absolute Gasteiger partial charge is 0.310 e. The molecule has 9 rings (SSSR count). The Labute approximate surface area is 307 Å². The van der Waals surface area contributed by atoms with Crippen molar-refractivity contribution in [2.45, 2.75) is 19.3 Å². The summed E-state index contributed by atoms with van der Waals surface area (Å²) in [5, 5.41) is 0. The monoisotopic (exact) mass is 665 g/mol. The van der Waals surface area contributed by atoms with Gasteiger partial charge < -0.3 is 4.90 Å². The van der Waals surface area contributed by atoms with Crippen LogP contribution in [0.1, 0.15) is 25.0 Å². The Morgan fingerprint density at radius 2 is 0.769 bits per heavy atom. The van der Waals surface area contributed by atoms with Gasteiger partial charge in [-0.2, -0.15) is 0 Å². The highest BCUT2D eigenvalue weighted by Gasteiger charge is 2.40. The Morgan fingerprint density at radius 3 is 1.27 bits per heavy atom. The van der Waals surface area contributed by atoms with Gasteiger partial charge in [0.05, 0.1) is 5.69 Å². The van der Waals surface area contributed by atoms with Crippen molar-refractivity contribution in [1.82, 2.24) is 0 Å². The first-order valence-corrected chi connectivity index (χ1v) is 18.1. The smallest absolute Gasteiger partial charge is 0.0543 e. The van der Waals surface area contributed by atoms with Gasteiger partial charge in [0.1, 0.15) is 0 Å². The Bertz CT molecular complexity index is 2400. The van der Waals surface area contributed by atoms with Crippen LogP contribution in [-0.2, 0) is 5.41 Å². The molecule has 0 bridgehead atoms. The number of anilines is 3. The second-order valence-corrected chi connectivity index (χ2v) is 14.1. The van der Waals surface area contributed by atoms with Gasteiger partial charge >= 0.3 is 0 Å². The van der Waals surface area contributed by atoms with E-state index in [1.165, 1.54) is 66.8 Å². The van der Waals surface area contributed by atoms with Crippen molar-refractivity contribution in [3.8, 4) is 55.6 Å². The standard InChI is InChI=1S/C51H39N/c1-51(2)46-25-15-24-44(40-20-11-5-12-21-40)49(46)45-34-35-47(48(50(45)51)41-22-13-6-14-23-41)52(42-30-26-38(27-31-42)36-16-7-3-8-17-36)43-32-28-39(29-33-43)37-18-9-4-10-19-37/h3-35H,1-2H3. The second-order valence-electron chi connectivity index (χ2n) is 14.1. The Kier molecular flexibility index (Phi) is 7.90. The fourth-order valence-corrected chi connectivity index (χ4v) is 8.18. The summed E-state index contributed by atoms with van der Waals surface area (Å²) in [6.45, 7) is 4.80. The van der Waals surface area contributed by atoms with Crippen LogP contribution in [0.3, 0.4) is 0 Å². The minimum Gasteiger partial charge on any atom is -0.310 e. The minimum absolute atomic E-state index is 0.239. The zero-order valence-corrected chi connectivity index (χ0v) is 29.5. The van der Waals surface area contributed by atoms with Crippen LogP contribution in [-0.4, -0.2) is 0 Å². The lowest BCUT2D eigenvalue weighted by atomic mass is 9.78. The van der Waals surface area contributed by atoms with Gasteiger partial charge in [0, 0.05) is 22.4 Å². The zero-order chi connectivity index (χ0) is 35.1. The maximum Gasteiger partial charge on any atom is 0.0543 e. The topological polar surface area (TPSA) is 3.24 Å². The molecule has 0 N–H and O–H groups in total. The van der Waals surface area contributed by atoms with E-state index in [2.05, 4.69) is 219 Å². The number of fused-ring (bicyclic) bond motifs is 3. The average Bonchev–Trinajstić information content (AvgIpc) is 3.46. The van der Waals surface area contributed by atoms with E-state index in [4.69, 9.17) is 0 Å². The first-order valence-electron chi connectivity index (χ1n) is 18.1. The molecule has 0 atom stereocenters. The molecule has 1 aliphatic rings. The normalized spacial score (nSPS) is 12.6. The molecule has 52 heavy (non-hydrogen) atoms. The lowest BCUT2D eigenvalue weighted by Gasteiger charge is -2.32. The van der Waals surface area contributed by atoms with Crippen molar-refractivity contribution in [2.24, 2.45) is 0 Å². The fourth-order valence-electron chi connectivity index (χ4n) is 8.18. The number of rotatable bonds is 7. The van der Waals surface area contributed by atoms with E-state index >= 15 is 0 Å². The van der Waals surface area contributed by atoms with Crippen LogP contribution in [0.4, 0.5) is 17.1 Å². The molecule has 0 amide bonds. The first kappa shape index (κ1) is 31.5. The first-order chi connectivity index (χ1) is 25.6. The predicted molar refractivity (Wildman–Crippen MR) is 220 cm³/mol. The maximum atomic E-state index is 2.45. The highest BCUT2D eigenvalue weighted by atomic mass is 15.1. The molecule has 248 valence electrons. The van der Waals surface area contributed by atoms with E-state index in [9.17, 15) is 0 Å². The highest BCUT2D eigenvalue weighted by Crippen LogP contribution is 2.58. The van der Waals surface area contributed by atoms with Crippen LogP contribution >= 0.6 is 0 Å². The molecule has 8 aromatic rings. The van der Waals surface area contributed by atoms with E-state index in [-0.39, 0.29) is 5.41 Å². The molecule has 0 spiro atoms. The van der Waals surface area contributed by atoms with Crippen LogP contribution in [0.2, 0.25) is 0 Å². The number of hydrogen-bond donors (Lipinski definition) is 0. The zero-order valence-electron chi connectivity index (χ0n) is 29.5. The van der Waals surface area contributed by atoms with Gasteiger partial charge in [-0.1, -0.05) is 184 Å². The van der Waals surface area contributed by atoms with Crippen LogP contribution in [0, 0.1) is 0 Å². The van der Waals surface area contributed by atoms with E-state index < -0.39 is 0 Å². The highest BCUT2D eigenvalue weighted by molar-refractivity contribution is 6.01. The second kappa shape index (κ2) is 13.0. The van der Waals surface area contributed by atoms with E-state index in [1.807, 2.05) is 0 Å². The van der Waals surface area contributed by atoms with Crippen molar-refractivity contribution in [3.63, 3.8) is 0 Å². The molecular formula is C51H39N. The summed E-state index contributed by atoms with van der Waals surface area (Å²) in [7, 11) is 0. The maximum absolute atomic E-state index is 2.45. The average molecular weight is 666 g/mol. The van der Waals surface area contributed by atoms with Gasteiger partial charge in [0.2, 0.25) is 0 Å². The molecule has 0 radical (unpaired) electrons. The summed E-state index contributed by atoms with van der Waals surface area (Å²) in [5.74, 6) is 0. The van der Waals surface area contributed by atoms with Gasteiger partial charge in [-0.15, -0.1) is 0 Å². The fraction of sp³-hybridized carbons (Fsp3) is 0.0588. The van der Waals surface area contributed by atoms with Crippen LogP contribution in [0.5, 0.6) is 0 Å². The van der Waals surface area contributed by atoms with E-state index in [1.54, 1.807) is 0 Å². The molecule has 0 heterocycles. The molecule has 0 aromatic heterocycles. The molecule has 1 nitrogen and oxygen atoms in total. The third-order valence-corrected chi connectivity index (χ3v) is 10.7. The molecule has 0 aliphatic heterocycles. The summed E-state index contributed by atoms with van der Waals surface area (Å²) in [4.78, 5) is 2.45. The summed E-state index contributed by atoms with van der Waals surface area (Å²) >= 11 is 0. The lowest BCUT2D eigenvalue weighted by molar-refractivity contribution is 0.662. The molecular weight excluding hydrogens is 627 g/mol. The van der Waals surface area contributed by atoms with Crippen molar-refractivity contribution < 1.29 is 0 Å². The summed E-state index contributed by atoms with van der Waals surface area (Å²) in [6, 6.07) is 72.7. The molecule has 0 unspecified atom stereocenters. The molecule has 8 aromatic carbocycles. The van der Waals surface area contributed by atoms with Gasteiger partial charge in [0.15, 0.2) is 0 Å². The molecule has 0 fully saturated rings. The van der Waals surface area contributed by atoms with Gasteiger partial charge in [-0.25, -0.2) is 0 Å². The molecule has 0 saturated carbocycles. The Morgan fingerprint density at radius 1 is 0.327 bits per heavy atom. The molecule has 0 saturated heterocycles. The minimum atomic E-state index is -0.239. The third-order valence-electron chi connectivity index (χ3n) is 10.7. The van der Waals surface area contributed by atoms with Gasteiger partial charge in [-0.3, -0.25) is 0 Å². The number of nitrogens with zero attached hydrogens (tertiary/aromatic N) is 1. The van der Waals surface area contributed by atoms with Crippen molar-refractivity contribution in [3.05, 3.63) is 211 Å². The SMILES string of the molecule is CC1(C)c2cccc(-c3ccccc3)c2-c2ccc(N(c3ccc(-c4ccccc4)cc3)c3ccc(-c4ccccc4)cc3)c(-c3ccccc3)c21. The summed E-state index contributed by atoms with van der Waals surface area (Å²) in [6.07, 6.45) is 0. The molecule has 1 aliphatic carbocycles. The lowest BCUT2D eigenvalue weighted by Crippen LogP contribution is -2.19. The van der Waals surface area contributed by atoms with Crippen molar-refractivity contribution in [1.29, 1.82) is 0 Å². The number of hydrogen-bond acceptors (Lipinski definition) is 1. The summed E-state index contributed by atoms with van der Waals surface area (Å²) in [5.41, 5.74) is 18.3.